The molecule has 20 heavy (non-hydrogen) atoms. The Bertz CT molecular complexity index is 644. The molecule has 0 saturated carbocycles. The summed E-state index contributed by atoms with van der Waals surface area (Å²) in [5.41, 5.74) is 0.674. The SMILES string of the molecule is CCCC(=O)COc1ccc(C(C)=O)c2ccccc12. The Labute approximate surface area is 118 Å². The van der Waals surface area contributed by atoms with E-state index in [4.69, 9.17) is 4.74 Å². The molecule has 0 atom stereocenters. The van der Waals surface area contributed by atoms with Gasteiger partial charge in [0, 0.05) is 17.4 Å². The van der Waals surface area contributed by atoms with Crippen LogP contribution in [-0.4, -0.2) is 18.2 Å². The molecule has 0 aliphatic heterocycles. The molecule has 3 heteroatoms. The molecular weight excluding hydrogens is 252 g/mol. The topological polar surface area (TPSA) is 43.4 Å². The molecule has 0 heterocycles. The first kappa shape index (κ1) is 14.3. The molecule has 0 radical (unpaired) electrons. The van der Waals surface area contributed by atoms with Gasteiger partial charge in [0.1, 0.15) is 12.4 Å². The molecular formula is C17H18O3. The van der Waals surface area contributed by atoms with E-state index in [1.54, 1.807) is 19.1 Å². The number of carbonyl (C=O) groups is 2. The summed E-state index contributed by atoms with van der Waals surface area (Å²) in [6.07, 6.45) is 1.36. The first-order valence-corrected chi connectivity index (χ1v) is 6.80. The molecule has 0 unspecified atom stereocenters. The molecule has 104 valence electrons. The molecule has 0 saturated heterocycles. The molecule has 2 rings (SSSR count). The smallest absolute Gasteiger partial charge is 0.170 e. The highest BCUT2D eigenvalue weighted by Gasteiger charge is 2.10. The van der Waals surface area contributed by atoms with E-state index in [1.807, 2.05) is 31.2 Å². The van der Waals surface area contributed by atoms with Gasteiger partial charge in [-0.15, -0.1) is 0 Å². The van der Waals surface area contributed by atoms with Crippen LogP contribution in [-0.2, 0) is 4.79 Å². The normalized spacial score (nSPS) is 10.5. The summed E-state index contributed by atoms with van der Waals surface area (Å²) in [5, 5.41) is 1.73. The first-order valence-electron chi connectivity index (χ1n) is 6.80. The van der Waals surface area contributed by atoms with Crippen LogP contribution in [0, 0.1) is 0 Å². The zero-order valence-electron chi connectivity index (χ0n) is 11.8. The van der Waals surface area contributed by atoms with Gasteiger partial charge in [-0.05, 0) is 30.9 Å². The van der Waals surface area contributed by atoms with Crippen LogP contribution in [0.15, 0.2) is 36.4 Å². The van der Waals surface area contributed by atoms with Crippen molar-refractivity contribution in [1.29, 1.82) is 0 Å². The summed E-state index contributed by atoms with van der Waals surface area (Å²) in [4.78, 5) is 23.2. The number of hydrogen-bond donors (Lipinski definition) is 0. The fraction of sp³-hybridized carbons (Fsp3) is 0.294. The van der Waals surface area contributed by atoms with Crippen molar-refractivity contribution in [2.45, 2.75) is 26.7 Å². The number of hydrogen-bond acceptors (Lipinski definition) is 3. The summed E-state index contributed by atoms with van der Waals surface area (Å²) in [6, 6.07) is 11.1. The van der Waals surface area contributed by atoms with E-state index < -0.39 is 0 Å². The van der Waals surface area contributed by atoms with Gasteiger partial charge in [0.25, 0.3) is 0 Å². The average molecular weight is 270 g/mol. The Kier molecular flexibility index (Phi) is 4.51. The molecule has 0 aromatic heterocycles. The summed E-state index contributed by atoms with van der Waals surface area (Å²) >= 11 is 0. The second-order valence-corrected chi connectivity index (χ2v) is 4.79. The predicted molar refractivity (Wildman–Crippen MR) is 79.4 cm³/mol. The highest BCUT2D eigenvalue weighted by molar-refractivity contribution is 6.08. The van der Waals surface area contributed by atoms with E-state index in [0.717, 1.165) is 17.2 Å². The van der Waals surface area contributed by atoms with Crippen molar-refractivity contribution in [3.63, 3.8) is 0 Å². The van der Waals surface area contributed by atoms with Crippen LogP contribution in [0.5, 0.6) is 5.75 Å². The van der Waals surface area contributed by atoms with Crippen LogP contribution in [0.4, 0.5) is 0 Å². The molecule has 2 aromatic rings. The zero-order valence-corrected chi connectivity index (χ0v) is 11.8. The number of rotatable bonds is 6. The molecule has 0 spiro atoms. The molecule has 0 aliphatic carbocycles. The highest BCUT2D eigenvalue weighted by Crippen LogP contribution is 2.28. The van der Waals surface area contributed by atoms with Crippen molar-refractivity contribution in [3.8, 4) is 5.75 Å². The van der Waals surface area contributed by atoms with Crippen molar-refractivity contribution in [3.05, 3.63) is 42.0 Å². The van der Waals surface area contributed by atoms with E-state index in [2.05, 4.69) is 0 Å². The third-order valence-corrected chi connectivity index (χ3v) is 3.18. The summed E-state index contributed by atoms with van der Waals surface area (Å²) < 4.78 is 5.61. The standard InChI is InChI=1S/C17H18O3/c1-3-6-13(19)11-20-17-10-9-14(12(2)18)15-7-4-5-8-16(15)17/h4-5,7-10H,3,6,11H2,1-2H3. The minimum absolute atomic E-state index is 0.0230. The maximum Gasteiger partial charge on any atom is 0.170 e. The van der Waals surface area contributed by atoms with Gasteiger partial charge in [-0.1, -0.05) is 31.2 Å². The lowest BCUT2D eigenvalue weighted by Gasteiger charge is -2.11. The maximum absolute atomic E-state index is 11.6. The summed E-state index contributed by atoms with van der Waals surface area (Å²) in [5.74, 6) is 0.761. The van der Waals surface area contributed by atoms with Crippen LogP contribution in [0.3, 0.4) is 0 Å². The van der Waals surface area contributed by atoms with Gasteiger partial charge in [0.05, 0.1) is 0 Å². The largest absolute Gasteiger partial charge is 0.485 e. The number of ketones is 2. The second-order valence-electron chi connectivity index (χ2n) is 4.79. The Balaban J connectivity index is 2.33. The van der Waals surface area contributed by atoms with Gasteiger partial charge in [0.15, 0.2) is 11.6 Å². The first-order chi connectivity index (χ1) is 9.63. The van der Waals surface area contributed by atoms with E-state index >= 15 is 0 Å². The highest BCUT2D eigenvalue weighted by atomic mass is 16.5. The summed E-state index contributed by atoms with van der Waals surface area (Å²) in [7, 11) is 0. The van der Waals surface area contributed by atoms with Crippen LogP contribution in [0.1, 0.15) is 37.0 Å². The molecule has 0 N–H and O–H groups in total. The van der Waals surface area contributed by atoms with Crippen LogP contribution >= 0.6 is 0 Å². The van der Waals surface area contributed by atoms with Crippen molar-refractivity contribution in [1.82, 2.24) is 0 Å². The van der Waals surface area contributed by atoms with E-state index in [9.17, 15) is 9.59 Å². The number of fused-ring (bicyclic) bond motifs is 1. The van der Waals surface area contributed by atoms with Crippen molar-refractivity contribution in [2.24, 2.45) is 0 Å². The molecule has 2 aromatic carbocycles. The number of benzene rings is 2. The molecule has 0 bridgehead atoms. The molecule has 3 nitrogen and oxygen atoms in total. The lowest BCUT2D eigenvalue weighted by atomic mass is 10.0. The lowest BCUT2D eigenvalue weighted by Crippen LogP contribution is -2.10. The van der Waals surface area contributed by atoms with Crippen LogP contribution in [0.25, 0.3) is 10.8 Å². The van der Waals surface area contributed by atoms with E-state index in [0.29, 0.717) is 17.7 Å². The quantitative estimate of drug-likeness (QED) is 0.750. The van der Waals surface area contributed by atoms with Crippen molar-refractivity contribution < 1.29 is 14.3 Å². The molecule has 0 amide bonds. The average Bonchev–Trinajstić information content (AvgIpc) is 2.44. The predicted octanol–water partition coefficient (Wildman–Crippen LogP) is 3.79. The summed E-state index contributed by atoms with van der Waals surface area (Å²) in [6.45, 7) is 3.60. The number of ether oxygens (including phenoxy) is 1. The molecule has 0 fully saturated rings. The second kappa shape index (κ2) is 6.33. The monoisotopic (exact) mass is 270 g/mol. The third-order valence-electron chi connectivity index (χ3n) is 3.18. The fourth-order valence-electron chi connectivity index (χ4n) is 2.21. The lowest BCUT2D eigenvalue weighted by molar-refractivity contribution is -0.121. The Hall–Kier alpha value is -2.16. The molecule has 0 aliphatic rings. The Morgan fingerprint density at radius 3 is 2.40 bits per heavy atom. The van der Waals surface area contributed by atoms with E-state index in [1.165, 1.54) is 0 Å². The van der Waals surface area contributed by atoms with Gasteiger partial charge >= 0.3 is 0 Å². The zero-order chi connectivity index (χ0) is 14.5. The third kappa shape index (κ3) is 3.05. The van der Waals surface area contributed by atoms with Gasteiger partial charge in [0.2, 0.25) is 0 Å². The fourth-order valence-corrected chi connectivity index (χ4v) is 2.21. The Morgan fingerprint density at radius 2 is 1.75 bits per heavy atom. The van der Waals surface area contributed by atoms with Crippen LogP contribution < -0.4 is 4.74 Å². The number of Topliss-reactive ketones (excluding diaryl/α,β-unsaturated/α-hetero) is 2. The van der Waals surface area contributed by atoms with Crippen LogP contribution in [0.2, 0.25) is 0 Å². The van der Waals surface area contributed by atoms with Gasteiger partial charge in [-0.2, -0.15) is 0 Å². The van der Waals surface area contributed by atoms with E-state index in [-0.39, 0.29) is 18.2 Å². The van der Waals surface area contributed by atoms with Gasteiger partial charge < -0.3 is 4.74 Å². The maximum atomic E-state index is 11.6. The van der Waals surface area contributed by atoms with Crippen molar-refractivity contribution >= 4 is 22.3 Å². The van der Waals surface area contributed by atoms with Gasteiger partial charge in [-0.25, -0.2) is 0 Å². The number of carbonyl (C=O) groups excluding carboxylic acids is 2. The minimum atomic E-state index is 0.0230. The van der Waals surface area contributed by atoms with Crippen molar-refractivity contribution in [2.75, 3.05) is 6.61 Å². The Morgan fingerprint density at radius 1 is 1.05 bits per heavy atom. The van der Waals surface area contributed by atoms with Gasteiger partial charge in [-0.3, -0.25) is 9.59 Å². The minimum Gasteiger partial charge on any atom is -0.485 e.